The molecular weight excluding hydrogens is 364 g/mol. The van der Waals surface area contributed by atoms with Crippen molar-refractivity contribution < 1.29 is 9.47 Å². The van der Waals surface area contributed by atoms with Gasteiger partial charge in [-0.3, -0.25) is 5.10 Å². The van der Waals surface area contributed by atoms with Gasteiger partial charge in [0.15, 0.2) is 0 Å². The van der Waals surface area contributed by atoms with Crippen LogP contribution in [0.4, 0.5) is 0 Å². The molecular formula is C23H22N4O2. The van der Waals surface area contributed by atoms with Gasteiger partial charge in [0, 0.05) is 5.56 Å². The van der Waals surface area contributed by atoms with Gasteiger partial charge in [0.25, 0.3) is 0 Å². The second-order valence-electron chi connectivity index (χ2n) is 7.29. The van der Waals surface area contributed by atoms with Gasteiger partial charge in [-0.15, -0.1) is 5.10 Å². The second kappa shape index (κ2) is 7.36. The first-order chi connectivity index (χ1) is 14.0. The highest BCUT2D eigenvalue weighted by Gasteiger charge is 2.35. The largest absolute Gasteiger partial charge is 0.497 e. The first kappa shape index (κ1) is 18.6. The zero-order chi connectivity index (χ0) is 20.5. The van der Waals surface area contributed by atoms with Gasteiger partial charge in [0.1, 0.15) is 17.4 Å². The zero-order valence-corrected chi connectivity index (χ0v) is 16.6. The van der Waals surface area contributed by atoms with Crippen molar-refractivity contribution in [2.45, 2.75) is 25.7 Å². The minimum Gasteiger partial charge on any atom is -0.497 e. The Kier molecular flexibility index (Phi) is 4.73. The van der Waals surface area contributed by atoms with E-state index in [9.17, 15) is 5.26 Å². The lowest BCUT2D eigenvalue weighted by molar-refractivity contribution is 0.379. The number of hydrogen-bond donors (Lipinski definition) is 2. The molecule has 3 aromatic rings. The molecule has 4 rings (SSSR count). The van der Waals surface area contributed by atoms with E-state index in [4.69, 9.17) is 15.2 Å². The van der Waals surface area contributed by atoms with E-state index in [1.165, 1.54) is 5.56 Å². The third-order valence-corrected chi connectivity index (χ3v) is 5.25. The first-order valence-electron chi connectivity index (χ1n) is 9.43. The number of fused-ring (bicyclic) bond motifs is 1. The Morgan fingerprint density at radius 2 is 1.83 bits per heavy atom. The van der Waals surface area contributed by atoms with Crippen LogP contribution in [0, 0.1) is 11.3 Å². The molecule has 0 fully saturated rings. The summed E-state index contributed by atoms with van der Waals surface area (Å²) in [6.07, 6.45) is 0. The molecule has 146 valence electrons. The van der Waals surface area contributed by atoms with Crippen molar-refractivity contribution in [3.63, 3.8) is 0 Å². The standard InChI is InChI=1S/C23H22N4O2/c1-13(2)14-4-6-15(7-5-14)19-18(12-24)22(25)29-23-20(19)21(26-27-23)16-8-10-17(28-3)11-9-16/h4-11,13,19H,25H2,1-3H3,(H,26,27). The Labute approximate surface area is 169 Å². The molecule has 6 nitrogen and oxygen atoms in total. The van der Waals surface area contributed by atoms with Gasteiger partial charge in [0.2, 0.25) is 11.8 Å². The number of nitrogens with two attached hydrogens (primary N) is 1. The lowest BCUT2D eigenvalue weighted by Gasteiger charge is -2.24. The summed E-state index contributed by atoms with van der Waals surface area (Å²) in [5, 5.41) is 17.2. The molecule has 0 radical (unpaired) electrons. The summed E-state index contributed by atoms with van der Waals surface area (Å²) in [6.45, 7) is 4.30. The predicted molar refractivity (Wildman–Crippen MR) is 110 cm³/mol. The number of nitrogens with zero attached hydrogens (tertiary/aromatic N) is 2. The Morgan fingerprint density at radius 1 is 1.14 bits per heavy atom. The van der Waals surface area contributed by atoms with Crippen LogP contribution >= 0.6 is 0 Å². The van der Waals surface area contributed by atoms with Crippen LogP contribution in [-0.2, 0) is 0 Å². The van der Waals surface area contributed by atoms with Crippen LogP contribution in [0.5, 0.6) is 11.6 Å². The monoisotopic (exact) mass is 386 g/mol. The number of rotatable bonds is 4. The molecule has 1 aromatic heterocycles. The van der Waals surface area contributed by atoms with Crippen LogP contribution in [0.3, 0.4) is 0 Å². The number of aromatic amines is 1. The molecule has 1 atom stereocenters. The first-order valence-corrected chi connectivity index (χ1v) is 9.43. The van der Waals surface area contributed by atoms with Gasteiger partial charge in [-0.25, -0.2) is 0 Å². The number of nitriles is 1. The van der Waals surface area contributed by atoms with E-state index in [0.717, 1.165) is 28.1 Å². The van der Waals surface area contributed by atoms with Gasteiger partial charge >= 0.3 is 0 Å². The number of ether oxygens (including phenoxy) is 2. The molecule has 1 aliphatic heterocycles. The summed E-state index contributed by atoms with van der Waals surface area (Å²) in [5.41, 5.74) is 11.2. The number of methoxy groups -OCH3 is 1. The van der Waals surface area contributed by atoms with Crippen LogP contribution < -0.4 is 15.2 Å². The average Bonchev–Trinajstić information content (AvgIpc) is 3.16. The normalized spacial score (nSPS) is 15.6. The van der Waals surface area contributed by atoms with Gasteiger partial charge < -0.3 is 15.2 Å². The Hall–Kier alpha value is -3.72. The molecule has 0 saturated carbocycles. The summed E-state index contributed by atoms with van der Waals surface area (Å²) in [4.78, 5) is 0. The topological polar surface area (TPSA) is 97.0 Å². The van der Waals surface area contributed by atoms with Crippen LogP contribution in [0.2, 0.25) is 0 Å². The van der Waals surface area contributed by atoms with Crippen LogP contribution in [0.15, 0.2) is 60.0 Å². The Balaban J connectivity index is 1.86. The third-order valence-electron chi connectivity index (χ3n) is 5.25. The fourth-order valence-electron chi connectivity index (χ4n) is 3.63. The molecule has 2 aromatic carbocycles. The smallest absolute Gasteiger partial charge is 0.244 e. The minimum absolute atomic E-state index is 0.0886. The number of nitrogens with one attached hydrogen (secondary N) is 1. The van der Waals surface area contributed by atoms with E-state index < -0.39 is 0 Å². The number of allylic oxidation sites excluding steroid dienone is 1. The summed E-state index contributed by atoms with van der Waals surface area (Å²) in [6, 6.07) is 18.2. The van der Waals surface area contributed by atoms with Crippen molar-refractivity contribution in [2.75, 3.05) is 7.11 Å². The molecule has 3 N–H and O–H groups in total. The lowest BCUT2D eigenvalue weighted by atomic mass is 9.82. The number of hydrogen-bond acceptors (Lipinski definition) is 5. The van der Waals surface area contributed by atoms with Gasteiger partial charge in [0.05, 0.1) is 24.3 Å². The molecule has 0 bridgehead atoms. The summed E-state index contributed by atoms with van der Waals surface area (Å²) in [5.74, 6) is 1.31. The number of aromatic nitrogens is 2. The van der Waals surface area contributed by atoms with Gasteiger partial charge in [-0.1, -0.05) is 38.1 Å². The van der Waals surface area contributed by atoms with E-state index in [0.29, 0.717) is 17.4 Å². The van der Waals surface area contributed by atoms with E-state index in [2.05, 4.69) is 42.2 Å². The van der Waals surface area contributed by atoms with Crippen molar-refractivity contribution in [3.8, 4) is 29.0 Å². The zero-order valence-electron chi connectivity index (χ0n) is 16.6. The van der Waals surface area contributed by atoms with Crippen molar-refractivity contribution >= 4 is 0 Å². The third kappa shape index (κ3) is 3.21. The highest BCUT2D eigenvalue weighted by atomic mass is 16.5. The summed E-state index contributed by atoms with van der Waals surface area (Å²) >= 11 is 0. The quantitative estimate of drug-likeness (QED) is 0.691. The molecule has 2 heterocycles. The molecule has 1 aliphatic rings. The summed E-state index contributed by atoms with van der Waals surface area (Å²) < 4.78 is 10.9. The van der Waals surface area contributed by atoms with E-state index >= 15 is 0 Å². The lowest BCUT2D eigenvalue weighted by Crippen LogP contribution is -2.21. The predicted octanol–water partition coefficient (Wildman–Crippen LogP) is 4.43. The van der Waals surface area contributed by atoms with Crippen LogP contribution in [0.1, 0.15) is 42.4 Å². The van der Waals surface area contributed by atoms with E-state index in [-0.39, 0.29) is 11.8 Å². The molecule has 0 aliphatic carbocycles. The van der Waals surface area contributed by atoms with Crippen LogP contribution in [0.25, 0.3) is 11.3 Å². The molecule has 0 amide bonds. The number of benzene rings is 2. The number of H-pyrrole nitrogens is 1. The molecule has 29 heavy (non-hydrogen) atoms. The fourth-order valence-corrected chi connectivity index (χ4v) is 3.63. The van der Waals surface area contributed by atoms with E-state index in [1.54, 1.807) is 7.11 Å². The van der Waals surface area contributed by atoms with Crippen molar-refractivity contribution in [3.05, 3.63) is 76.7 Å². The van der Waals surface area contributed by atoms with Crippen molar-refractivity contribution in [1.29, 1.82) is 5.26 Å². The van der Waals surface area contributed by atoms with Crippen molar-refractivity contribution in [1.82, 2.24) is 10.2 Å². The average molecular weight is 386 g/mol. The molecule has 0 spiro atoms. The maximum Gasteiger partial charge on any atom is 0.244 e. The molecule has 0 saturated heterocycles. The maximum absolute atomic E-state index is 9.81. The Bertz CT molecular complexity index is 1100. The highest BCUT2D eigenvalue weighted by Crippen LogP contribution is 2.45. The Morgan fingerprint density at radius 3 is 2.41 bits per heavy atom. The SMILES string of the molecule is COc1ccc(-c2[nH]nc3c2C(c2ccc(C(C)C)cc2)C(C#N)=C(N)O3)cc1. The van der Waals surface area contributed by atoms with Gasteiger partial charge in [-0.2, -0.15) is 5.26 Å². The summed E-state index contributed by atoms with van der Waals surface area (Å²) in [7, 11) is 1.63. The highest BCUT2D eigenvalue weighted by molar-refractivity contribution is 5.71. The minimum atomic E-state index is -0.360. The second-order valence-corrected chi connectivity index (χ2v) is 7.29. The molecule has 1 unspecified atom stereocenters. The fraction of sp³-hybridized carbons (Fsp3) is 0.217. The maximum atomic E-state index is 9.81. The van der Waals surface area contributed by atoms with Crippen molar-refractivity contribution in [2.24, 2.45) is 5.73 Å². The van der Waals surface area contributed by atoms with Gasteiger partial charge in [-0.05, 0) is 41.3 Å². The van der Waals surface area contributed by atoms with Crippen LogP contribution in [-0.4, -0.2) is 17.3 Å². The molecule has 6 heteroatoms. The van der Waals surface area contributed by atoms with E-state index in [1.807, 2.05) is 36.4 Å².